The van der Waals surface area contributed by atoms with E-state index in [0.29, 0.717) is 22.5 Å². The topological polar surface area (TPSA) is 98.8 Å². The predicted octanol–water partition coefficient (Wildman–Crippen LogP) is 3.86. The molecule has 5 amide bonds. The molecular formula is C29H28N4O4. The number of hydrogen-bond acceptors (Lipinski definition) is 4. The minimum Gasteiger partial charge on any atom is -0.324 e. The third kappa shape index (κ3) is 4.04. The largest absolute Gasteiger partial charge is 0.326 e. The number of fused-ring (bicyclic) bond motifs is 1. The highest BCUT2D eigenvalue weighted by atomic mass is 16.2. The van der Waals surface area contributed by atoms with Crippen LogP contribution in [0.3, 0.4) is 0 Å². The van der Waals surface area contributed by atoms with Gasteiger partial charge in [-0.15, -0.1) is 0 Å². The lowest BCUT2D eigenvalue weighted by atomic mass is 9.81. The van der Waals surface area contributed by atoms with Gasteiger partial charge in [-0.3, -0.25) is 19.3 Å². The molecule has 8 heteroatoms. The molecule has 2 atom stereocenters. The third-order valence-electron chi connectivity index (χ3n) is 7.17. The zero-order chi connectivity index (χ0) is 26.3. The Labute approximate surface area is 215 Å². The standard InChI is InChI=1S/C29H28N4O4/c1-18-13-14-22(15-19(18)2)29(21-9-5-4-6-10-21)27(36)32(28(37)31-29)17-26(35)33-20(3)16-25(34)30-23-11-7-8-12-24(23)33/h4-15,20H,16-17H2,1-3H3,(H,30,34)(H,31,37)/t20-,29+/m1/s1. The molecule has 188 valence electrons. The van der Waals surface area contributed by atoms with Crippen LogP contribution < -0.4 is 15.5 Å². The van der Waals surface area contributed by atoms with Crippen molar-refractivity contribution >= 4 is 35.1 Å². The Kier molecular flexibility index (Phi) is 6.03. The molecule has 0 unspecified atom stereocenters. The van der Waals surface area contributed by atoms with Crippen molar-refractivity contribution < 1.29 is 19.2 Å². The highest BCUT2D eigenvalue weighted by molar-refractivity contribution is 6.13. The van der Waals surface area contributed by atoms with Crippen molar-refractivity contribution in [3.05, 3.63) is 95.1 Å². The van der Waals surface area contributed by atoms with Crippen molar-refractivity contribution in [1.29, 1.82) is 0 Å². The van der Waals surface area contributed by atoms with Gasteiger partial charge in [-0.05, 0) is 55.2 Å². The van der Waals surface area contributed by atoms with Gasteiger partial charge in [0.1, 0.15) is 6.54 Å². The van der Waals surface area contributed by atoms with Gasteiger partial charge in [-0.2, -0.15) is 0 Å². The van der Waals surface area contributed by atoms with Crippen LogP contribution in [0.1, 0.15) is 35.6 Å². The molecule has 0 radical (unpaired) electrons. The van der Waals surface area contributed by atoms with Gasteiger partial charge in [0.05, 0.1) is 11.4 Å². The summed E-state index contributed by atoms with van der Waals surface area (Å²) in [6.45, 7) is 5.24. The monoisotopic (exact) mass is 496 g/mol. The zero-order valence-electron chi connectivity index (χ0n) is 20.9. The number of nitrogens with zero attached hydrogens (tertiary/aromatic N) is 2. The first-order valence-corrected chi connectivity index (χ1v) is 12.2. The number of imide groups is 1. The fraction of sp³-hybridized carbons (Fsp3) is 0.241. The summed E-state index contributed by atoms with van der Waals surface area (Å²) in [7, 11) is 0. The van der Waals surface area contributed by atoms with Crippen LogP contribution in [0.25, 0.3) is 0 Å². The first kappa shape index (κ1) is 24.2. The molecule has 3 aromatic carbocycles. The molecule has 0 bridgehead atoms. The molecule has 0 saturated carbocycles. The Morgan fingerprint density at radius 1 is 0.919 bits per heavy atom. The summed E-state index contributed by atoms with van der Waals surface area (Å²) in [6, 6.07) is 20.6. The minimum absolute atomic E-state index is 0.0944. The number of benzene rings is 3. The number of anilines is 2. The number of amides is 5. The van der Waals surface area contributed by atoms with Gasteiger partial charge in [0.25, 0.3) is 5.91 Å². The molecule has 2 heterocycles. The molecule has 1 saturated heterocycles. The van der Waals surface area contributed by atoms with Crippen LogP contribution >= 0.6 is 0 Å². The molecule has 2 aliphatic heterocycles. The summed E-state index contributed by atoms with van der Waals surface area (Å²) in [5, 5.41) is 5.73. The Morgan fingerprint density at radius 3 is 2.35 bits per heavy atom. The number of carbonyl (C=O) groups is 4. The summed E-state index contributed by atoms with van der Waals surface area (Å²) in [5.74, 6) is -1.18. The highest BCUT2D eigenvalue weighted by Crippen LogP contribution is 2.37. The molecule has 5 rings (SSSR count). The number of nitrogens with one attached hydrogen (secondary N) is 2. The van der Waals surface area contributed by atoms with Crippen LogP contribution in [0.15, 0.2) is 72.8 Å². The lowest BCUT2D eigenvalue weighted by Crippen LogP contribution is -2.48. The van der Waals surface area contributed by atoms with E-state index in [1.165, 1.54) is 4.90 Å². The van der Waals surface area contributed by atoms with Crippen molar-refractivity contribution in [3.63, 3.8) is 0 Å². The third-order valence-corrected chi connectivity index (χ3v) is 7.17. The maximum absolute atomic E-state index is 14.1. The van der Waals surface area contributed by atoms with E-state index in [9.17, 15) is 19.2 Å². The fourth-order valence-electron chi connectivity index (χ4n) is 5.12. The van der Waals surface area contributed by atoms with Crippen molar-refractivity contribution in [2.45, 2.75) is 38.8 Å². The lowest BCUT2D eigenvalue weighted by molar-refractivity contribution is -0.133. The molecule has 0 aliphatic carbocycles. The van der Waals surface area contributed by atoms with Gasteiger partial charge < -0.3 is 15.5 Å². The smallest absolute Gasteiger partial charge is 0.324 e. The van der Waals surface area contributed by atoms with Crippen molar-refractivity contribution in [2.75, 3.05) is 16.8 Å². The Balaban J connectivity index is 1.53. The van der Waals surface area contributed by atoms with Gasteiger partial charge >= 0.3 is 6.03 Å². The second kappa shape index (κ2) is 9.20. The summed E-state index contributed by atoms with van der Waals surface area (Å²) in [6.07, 6.45) is 0.0944. The van der Waals surface area contributed by atoms with E-state index in [-0.39, 0.29) is 12.3 Å². The van der Waals surface area contributed by atoms with Gasteiger partial charge in [-0.25, -0.2) is 4.79 Å². The number of rotatable bonds is 4. The predicted molar refractivity (Wildman–Crippen MR) is 140 cm³/mol. The van der Waals surface area contributed by atoms with E-state index in [1.807, 2.05) is 50.2 Å². The van der Waals surface area contributed by atoms with Crippen molar-refractivity contribution in [3.8, 4) is 0 Å². The van der Waals surface area contributed by atoms with E-state index in [4.69, 9.17) is 0 Å². The highest BCUT2D eigenvalue weighted by Gasteiger charge is 2.54. The van der Waals surface area contributed by atoms with E-state index in [2.05, 4.69) is 10.6 Å². The fourth-order valence-corrected chi connectivity index (χ4v) is 5.12. The minimum atomic E-state index is -1.46. The van der Waals surface area contributed by atoms with Gasteiger partial charge in [-0.1, -0.05) is 60.7 Å². The van der Waals surface area contributed by atoms with Crippen LogP contribution in [0, 0.1) is 13.8 Å². The first-order valence-electron chi connectivity index (χ1n) is 12.2. The summed E-state index contributed by atoms with van der Waals surface area (Å²) in [5.41, 5.74) is 2.85. The molecule has 0 spiro atoms. The van der Waals surface area contributed by atoms with E-state index in [1.54, 1.807) is 43.3 Å². The van der Waals surface area contributed by atoms with Crippen molar-refractivity contribution in [1.82, 2.24) is 10.2 Å². The number of hydrogen-bond donors (Lipinski definition) is 2. The number of urea groups is 1. The first-order chi connectivity index (χ1) is 17.7. The van der Waals surface area contributed by atoms with Gasteiger partial charge in [0.2, 0.25) is 11.8 Å². The van der Waals surface area contributed by atoms with Crippen molar-refractivity contribution in [2.24, 2.45) is 0 Å². The molecule has 0 aromatic heterocycles. The van der Waals surface area contributed by atoms with Crippen LogP contribution in [0.2, 0.25) is 0 Å². The van der Waals surface area contributed by atoms with Crippen LogP contribution in [-0.2, 0) is 19.9 Å². The zero-order valence-corrected chi connectivity index (χ0v) is 20.9. The molecular weight excluding hydrogens is 468 g/mol. The van der Waals surface area contributed by atoms with E-state index >= 15 is 0 Å². The molecule has 3 aromatic rings. The van der Waals surface area contributed by atoms with Gasteiger partial charge in [0.15, 0.2) is 5.54 Å². The van der Waals surface area contributed by atoms with E-state index < -0.39 is 36.0 Å². The summed E-state index contributed by atoms with van der Waals surface area (Å²) in [4.78, 5) is 55.9. The summed E-state index contributed by atoms with van der Waals surface area (Å²) >= 11 is 0. The number of aryl methyl sites for hydroxylation is 2. The lowest BCUT2D eigenvalue weighted by Gasteiger charge is -2.30. The Hall–Kier alpha value is -4.46. The Bertz CT molecular complexity index is 1420. The SMILES string of the molecule is Cc1ccc([C@]2(c3ccccc3)NC(=O)N(CC(=O)N3c4ccccc4NC(=O)C[C@H]3C)C2=O)cc1C. The second-order valence-electron chi connectivity index (χ2n) is 9.62. The molecule has 2 N–H and O–H groups in total. The van der Waals surface area contributed by atoms with Crippen LogP contribution in [0.5, 0.6) is 0 Å². The normalized spacial score (nSPS) is 21.3. The molecule has 2 aliphatic rings. The number of carbonyl (C=O) groups excluding carboxylic acids is 4. The molecule has 1 fully saturated rings. The van der Waals surface area contributed by atoms with Crippen LogP contribution in [-0.4, -0.2) is 41.2 Å². The number of para-hydroxylation sites is 2. The van der Waals surface area contributed by atoms with Gasteiger partial charge in [0, 0.05) is 12.5 Å². The summed E-state index contributed by atoms with van der Waals surface area (Å²) < 4.78 is 0. The second-order valence-corrected chi connectivity index (χ2v) is 9.62. The van der Waals surface area contributed by atoms with Crippen LogP contribution in [0.4, 0.5) is 16.2 Å². The quantitative estimate of drug-likeness (QED) is 0.536. The molecule has 8 nitrogen and oxygen atoms in total. The average Bonchev–Trinajstić information content (AvgIpc) is 3.04. The van der Waals surface area contributed by atoms with E-state index in [0.717, 1.165) is 16.0 Å². The maximum Gasteiger partial charge on any atom is 0.326 e. The average molecular weight is 497 g/mol. The Morgan fingerprint density at radius 2 is 1.62 bits per heavy atom. The molecule has 37 heavy (non-hydrogen) atoms. The maximum atomic E-state index is 14.1.